The van der Waals surface area contributed by atoms with Crippen LogP contribution in [0.2, 0.25) is 5.02 Å². The van der Waals surface area contributed by atoms with Gasteiger partial charge in [-0.25, -0.2) is 4.39 Å². The molecule has 0 bridgehead atoms. The molecule has 0 saturated carbocycles. The lowest BCUT2D eigenvalue weighted by molar-refractivity contribution is 0.531. The van der Waals surface area contributed by atoms with Crippen LogP contribution in [0, 0.1) is 11.7 Å². The highest BCUT2D eigenvalue weighted by Gasteiger charge is 2.14. The van der Waals surface area contributed by atoms with Gasteiger partial charge in [-0.2, -0.15) is 0 Å². The molecule has 1 atom stereocenters. The van der Waals surface area contributed by atoms with Gasteiger partial charge in [-0.15, -0.1) is 0 Å². The fourth-order valence-corrected chi connectivity index (χ4v) is 2.27. The van der Waals surface area contributed by atoms with Crippen LogP contribution in [0.1, 0.15) is 18.4 Å². The molecule has 1 nitrogen and oxygen atoms in total. The van der Waals surface area contributed by atoms with Gasteiger partial charge in [0.25, 0.3) is 0 Å². The van der Waals surface area contributed by atoms with Crippen molar-refractivity contribution < 1.29 is 4.39 Å². The zero-order chi connectivity index (χ0) is 10.7. The van der Waals surface area contributed by atoms with E-state index in [0.717, 1.165) is 37.4 Å². The zero-order valence-electron chi connectivity index (χ0n) is 8.60. The van der Waals surface area contributed by atoms with E-state index in [1.165, 1.54) is 12.5 Å². The van der Waals surface area contributed by atoms with Crippen LogP contribution in [0.15, 0.2) is 18.2 Å². The van der Waals surface area contributed by atoms with Crippen LogP contribution in [0.5, 0.6) is 0 Å². The van der Waals surface area contributed by atoms with Crippen LogP contribution in [-0.4, -0.2) is 13.1 Å². The Hall–Kier alpha value is -0.600. The van der Waals surface area contributed by atoms with E-state index in [1.54, 1.807) is 12.1 Å². The van der Waals surface area contributed by atoms with Gasteiger partial charge in [-0.05, 0) is 62.0 Å². The lowest BCUT2D eigenvalue weighted by atomic mass is 9.99. The van der Waals surface area contributed by atoms with Crippen LogP contribution in [0.4, 0.5) is 4.39 Å². The van der Waals surface area contributed by atoms with E-state index in [0.29, 0.717) is 5.02 Å². The predicted molar refractivity (Wildman–Crippen MR) is 60.7 cm³/mol. The van der Waals surface area contributed by atoms with Gasteiger partial charge in [0.15, 0.2) is 0 Å². The maximum atomic E-state index is 13.0. The molecule has 1 fully saturated rings. The average Bonchev–Trinajstić information content (AvgIpc) is 2.72. The van der Waals surface area contributed by atoms with Crippen LogP contribution < -0.4 is 5.32 Å². The summed E-state index contributed by atoms with van der Waals surface area (Å²) in [5.74, 6) is 0.531. The van der Waals surface area contributed by atoms with Crippen molar-refractivity contribution in [2.24, 2.45) is 5.92 Å². The molecule has 1 aromatic rings. The molecular formula is C12H15ClFN. The number of nitrogens with one attached hydrogen (secondary N) is 1. The molecule has 0 radical (unpaired) electrons. The second kappa shape index (κ2) is 4.95. The Morgan fingerprint density at radius 1 is 1.47 bits per heavy atom. The molecule has 1 aliphatic heterocycles. The van der Waals surface area contributed by atoms with Crippen molar-refractivity contribution in [2.45, 2.75) is 19.3 Å². The van der Waals surface area contributed by atoms with Crippen molar-refractivity contribution in [3.8, 4) is 0 Å². The highest BCUT2D eigenvalue weighted by Crippen LogP contribution is 2.22. The second-order valence-electron chi connectivity index (χ2n) is 4.13. The van der Waals surface area contributed by atoms with E-state index in [2.05, 4.69) is 5.32 Å². The first-order valence-corrected chi connectivity index (χ1v) is 5.78. The molecule has 1 unspecified atom stereocenters. The number of aryl methyl sites for hydroxylation is 1. The summed E-state index contributed by atoms with van der Waals surface area (Å²) in [5.41, 5.74) is 0.934. The normalized spacial score (nSPS) is 20.8. The van der Waals surface area contributed by atoms with Crippen LogP contribution in [0.25, 0.3) is 0 Å². The van der Waals surface area contributed by atoms with Crippen molar-refractivity contribution in [2.75, 3.05) is 13.1 Å². The van der Waals surface area contributed by atoms with E-state index >= 15 is 0 Å². The molecule has 3 heteroatoms. The van der Waals surface area contributed by atoms with Gasteiger partial charge in [0.2, 0.25) is 0 Å². The maximum absolute atomic E-state index is 13.0. The minimum absolute atomic E-state index is 0.195. The zero-order valence-corrected chi connectivity index (χ0v) is 9.36. The van der Waals surface area contributed by atoms with Gasteiger partial charge in [0, 0.05) is 5.02 Å². The summed E-state index contributed by atoms with van der Waals surface area (Å²) in [7, 11) is 0. The minimum atomic E-state index is -0.195. The van der Waals surface area contributed by atoms with Gasteiger partial charge in [0.1, 0.15) is 5.82 Å². The van der Waals surface area contributed by atoms with Crippen molar-refractivity contribution in [3.05, 3.63) is 34.6 Å². The van der Waals surface area contributed by atoms with Crippen molar-refractivity contribution in [1.82, 2.24) is 5.32 Å². The Balaban J connectivity index is 1.94. The van der Waals surface area contributed by atoms with Crippen LogP contribution in [-0.2, 0) is 6.42 Å². The quantitative estimate of drug-likeness (QED) is 0.837. The Labute approximate surface area is 94.6 Å². The van der Waals surface area contributed by atoms with Crippen LogP contribution >= 0.6 is 11.6 Å². The topological polar surface area (TPSA) is 12.0 Å². The summed E-state index contributed by atoms with van der Waals surface area (Å²) in [6, 6.07) is 4.59. The Kier molecular flexibility index (Phi) is 3.60. The molecule has 0 spiro atoms. The van der Waals surface area contributed by atoms with Gasteiger partial charge < -0.3 is 5.32 Å². The molecule has 1 N–H and O–H groups in total. The SMILES string of the molecule is Fc1ccc(Cl)c(CCC2CCNC2)c1. The highest BCUT2D eigenvalue weighted by atomic mass is 35.5. The van der Waals surface area contributed by atoms with Crippen LogP contribution in [0.3, 0.4) is 0 Å². The molecule has 0 aliphatic carbocycles. The summed E-state index contributed by atoms with van der Waals surface area (Å²) < 4.78 is 13.0. The fourth-order valence-electron chi connectivity index (χ4n) is 2.06. The Bertz CT molecular complexity index is 334. The smallest absolute Gasteiger partial charge is 0.123 e. The van der Waals surface area contributed by atoms with E-state index in [9.17, 15) is 4.39 Å². The summed E-state index contributed by atoms with van der Waals surface area (Å²) in [6.07, 6.45) is 3.20. The largest absolute Gasteiger partial charge is 0.316 e. The molecule has 1 saturated heterocycles. The third kappa shape index (κ3) is 2.93. The van der Waals surface area contributed by atoms with E-state index in [4.69, 9.17) is 11.6 Å². The Morgan fingerprint density at radius 3 is 3.07 bits per heavy atom. The first-order valence-electron chi connectivity index (χ1n) is 5.40. The number of rotatable bonds is 3. The summed E-state index contributed by atoms with van der Waals surface area (Å²) in [6.45, 7) is 2.20. The Morgan fingerprint density at radius 2 is 2.33 bits per heavy atom. The molecule has 0 aromatic heterocycles. The lowest BCUT2D eigenvalue weighted by Crippen LogP contribution is -2.09. The van der Waals surface area contributed by atoms with E-state index in [1.807, 2.05) is 0 Å². The molecule has 15 heavy (non-hydrogen) atoms. The van der Waals surface area contributed by atoms with E-state index < -0.39 is 0 Å². The van der Waals surface area contributed by atoms with E-state index in [-0.39, 0.29) is 5.82 Å². The van der Waals surface area contributed by atoms with Crippen molar-refractivity contribution in [1.29, 1.82) is 0 Å². The average molecular weight is 228 g/mol. The highest BCUT2D eigenvalue weighted by molar-refractivity contribution is 6.31. The van der Waals surface area contributed by atoms with Gasteiger partial charge in [-0.1, -0.05) is 11.6 Å². The van der Waals surface area contributed by atoms with Gasteiger partial charge >= 0.3 is 0 Å². The number of hydrogen-bond donors (Lipinski definition) is 1. The van der Waals surface area contributed by atoms with Crippen molar-refractivity contribution >= 4 is 11.6 Å². The van der Waals surface area contributed by atoms with Gasteiger partial charge in [-0.3, -0.25) is 0 Å². The third-order valence-corrected chi connectivity index (χ3v) is 3.36. The molecule has 0 amide bonds. The standard InChI is InChI=1S/C12H15ClFN/c13-12-4-3-11(14)7-10(12)2-1-9-5-6-15-8-9/h3-4,7,9,15H,1-2,5-6,8H2. The number of benzene rings is 1. The molecular weight excluding hydrogens is 213 g/mol. The molecule has 82 valence electrons. The predicted octanol–water partition coefficient (Wildman–Crippen LogP) is 3.02. The molecule has 2 rings (SSSR count). The summed E-state index contributed by atoms with van der Waals surface area (Å²) in [5, 5.41) is 4.01. The second-order valence-corrected chi connectivity index (χ2v) is 4.54. The summed E-state index contributed by atoms with van der Waals surface area (Å²) >= 11 is 6.00. The fraction of sp³-hybridized carbons (Fsp3) is 0.500. The summed E-state index contributed by atoms with van der Waals surface area (Å²) in [4.78, 5) is 0. The molecule has 1 heterocycles. The number of halogens is 2. The number of hydrogen-bond acceptors (Lipinski definition) is 1. The minimum Gasteiger partial charge on any atom is -0.316 e. The monoisotopic (exact) mass is 227 g/mol. The third-order valence-electron chi connectivity index (χ3n) is 2.99. The first kappa shape index (κ1) is 10.9. The maximum Gasteiger partial charge on any atom is 0.123 e. The van der Waals surface area contributed by atoms with Crippen molar-refractivity contribution in [3.63, 3.8) is 0 Å². The first-order chi connectivity index (χ1) is 7.25. The molecule has 1 aliphatic rings. The molecule has 1 aromatic carbocycles. The van der Waals surface area contributed by atoms with Gasteiger partial charge in [0.05, 0.1) is 0 Å². The lowest BCUT2D eigenvalue weighted by Gasteiger charge is -2.09.